The highest BCUT2D eigenvalue weighted by molar-refractivity contribution is 7.89. The van der Waals surface area contributed by atoms with E-state index in [0.717, 1.165) is 32.1 Å². The summed E-state index contributed by atoms with van der Waals surface area (Å²) in [7, 11) is -3.51. The Bertz CT molecular complexity index is 696. The molecular formula is C17H25N3O3S2. The van der Waals surface area contributed by atoms with Crippen LogP contribution in [0.2, 0.25) is 0 Å². The van der Waals surface area contributed by atoms with Gasteiger partial charge in [-0.3, -0.25) is 4.79 Å². The third kappa shape index (κ3) is 6.37. The first-order valence-corrected chi connectivity index (χ1v) is 10.5. The monoisotopic (exact) mass is 383 g/mol. The van der Waals surface area contributed by atoms with E-state index in [1.54, 1.807) is 12.1 Å². The summed E-state index contributed by atoms with van der Waals surface area (Å²) >= 11 is 5.07. The molecule has 138 valence electrons. The maximum Gasteiger partial charge on any atom is 0.240 e. The zero-order valence-corrected chi connectivity index (χ0v) is 16.0. The lowest BCUT2D eigenvalue weighted by Crippen LogP contribution is -2.36. The first kappa shape index (κ1) is 19.8. The molecule has 1 fully saturated rings. The highest BCUT2D eigenvalue weighted by Gasteiger charge is 2.21. The van der Waals surface area contributed by atoms with Crippen LogP contribution in [0.1, 0.15) is 51.9 Å². The molecule has 0 bridgehead atoms. The van der Waals surface area contributed by atoms with Crippen LogP contribution >= 0.6 is 12.2 Å². The number of sulfonamides is 1. The summed E-state index contributed by atoms with van der Waals surface area (Å²) < 4.78 is 27.7. The van der Waals surface area contributed by atoms with Crippen molar-refractivity contribution in [3.05, 3.63) is 24.3 Å². The fraction of sp³-hybridized carbons (Fsp3) is 0.529. The Balaban J connectivity index is 1.94. The number of hydrogen-bond donors (Lipinski definition) is 3. The molecule has 3 N–H and O–H groups in total. The molecule has 0 atom stereocenters. The number of carbonyl (C=O) groups is 1. The van der Waals surface area contributed by atoms with Crippen LogP contribution in [0.4, 0.5) is 5.69 Å². The van der Waals surface area contributed by atoms with Gasteiger partial charge in [0.15, 0.2) is 5.11 Å². The highest BCUT2D eigenvalue weighted by atomic mass is 32.2. The number of benzene rings is 1. The van der Waals surface area contributed by atoms with Crippen LogP contribution in [0.25, 0.3) is 0 Å². The van der Waals surface area contributed by atoms with E-state index in [2.05, 4.69) is 15.4 Å². The van der Waals surface area contributed by atoms with Crippen LogP contribution in [0.5, 0.6) is 0 Å². The molecule has 0 saturated heterocycles. The van der Waals surface area contributed by atoms with Gasteiger partial charge in [-0.05, 0) is 55.7 Å². The van der Waals surface area contributed by atoms with Crippen molar-refractivity contribution in [3.8, 4) is 0 Å². The third-order valence-electron chi connectivity index (χ3n) is 4.08. The smallest absolute Gasteiger partial charge is 0.240 e. The predicted molar refractivity (Wildman–Crippen MR) is 103 cm³/mol. The van der Waals surface area contributed by atoms with E-state index >= 15 is 0 Å². The quantitative estimate of drug-likeness (QED) is 0.658. The van der Waals surface area contributed by atoms with Crippen molar-refractivity contribution >= 4 is 38.9 Å². The number of rotatable bonds is 6. The zero-order valence-electron chi connectivity index (χ0n) is 14.4. The van der Waals surface area contributed by atoms with Crippen molar-refractivity contribution in [2.75, 3.05) is 5.32 Å². The summed E-state index contributed by atoms with van der Waals surface area (Å²) in [5, 5.41) is 5.66. The molecule has 1 aromatic carbocycles. The van der Waals surface area contributed by atoms with Crippen molar-refractivity contribution in [1.29, 1.82) is 0 Å². The molecule has 0 radical (unpaired) electrons. The SMILES string of the molecule is CCCC(=O)NC(=S)Nc1ccc(S(=O)(=O)NC2CCCCC2)cc1. The van der Waals surface area contributed by atoms with Crippen LogP contribution in [-0.4, -0.2) is 25.5 Å². The summed E-state index contributed by atoms with van der Waals surface area (Å²) in [6.07, 6.45) is 6.25. The molecule has 25 heavy (non-hydrogen) atoms. The Hall–Kier alpha value is -1.51. The average molecular weight is 384 g/mol. The van der Waals surface area contributed by atoms with Crippen LogP contribution in [0.15, 0.2) is 29.2 Å². The largest absolute Gasteiger partial charge is 0.332 e. The van der Waals surface area contributed by atoms with Crippen molar-refractivity contribution in [3.63, 3.8) is 0 Å². The van der Waals surface area contributed by atoms with Crippen molar-refractivity contribution in [2.45, 2.75) is 62.8 Å². The molecule has 1 aliphatic rings. The van der Waals surface area contributed by atoms with E-state index in [1.807, 2.05) is 6.92 Å². The molecular weight excluding hydrogens is 358 g/mol. The van der Waals surface area contributed by atoms with E-state index in [9.17, 15) is 13.2 Å². The molecule has 1 aromatic rings. The molecule has 2 rings (SSSR count). The lowest BCUT2D eigenvalue weighted by molar-refractivity contribution is -0.119. The Labute approximate surface area is 154 Å². The lowest BCUT2D eigenvalue weighted by atomic mass is 9.96. The Morgan fingerprint density at radius 3 is 2.40 bits per heavy atom. The zero-order chi connectivity index (χ0) is 18.3. The van der Waals surface area contributed by atoms with Crippen LogP contribution in [0.3, 0.4) is 0 Å². The van der Waals surface area contributed by atoms with Crippen molar-refractivity contribution < 1.29 is 13.2 Å². The highest BCUT2D eigenvalue weighted by Crippen LogP contribution is 2.20. The average Bonchev–Trinajstić information content (AvgIpc) is 2.56. The molecule has 0 spiro atoms. The number of anilines is 1. The first-order chi connectivity index (χ1) is 11.9. The van der Waals surface area contributed by atoms with Gasteiger partial charge in [0.2, 0.25) is 15.9 Å². The molecule has 6 nitrogen and oxygen atoms in total. The molecule has 1 amide bonds. The summed E-state index contributed by atoms with van der Waals surface area (Å²) in [4.78, 5) is 11.7. The standard InChI is InChI=1S/C17H25N3O3S2/c1-2-6-16(21)19-17(24)18-13-9-11-15(12-10-13)25(22,23)20-14-7-4-3-5-8-14/h9-12,14,20H,2-8H2,1H3,(H2,18,19,21,24). The second kappa shape index (κ2) is 9.26. The minimum absolute atomic E-state index is 0.0258. The number of thiocarbonyl (C=S) groups is 1. The van der Waals surface area contributed by atoms with Gasteiger partial charge in [-0.2, -0.15) is 0 Å². The first-order valence-electron chi connectivity index (χ1n) is 8.64. The Morgan fingerprint density at radius 1 is 1.16 bits per heavy atom. The van der Waals surface area contributed by atoms with Crippen molar-refractivity contribution in [2.24, 2.45) is 0 Å². The van der Waals surface area contributed by atoms with E-state index < -0.39 is 10.0 Å². The van der Waals surface area contributed by atoms with Crippen LogP contribution < -0.4 is 15.4 Å². The molecule has 1 aliphatic carbocycles. The van der Waals surface area contributed by atoms with Gasteiger partial charge in [-0.1, -0.05) is 26.2 Å². The molecule has 0 aliphatic heterocycles. The normalized spacial score (nSPS) is 15.6. The lowest BCUT2D eigenvalue weighted by Gasteiger charge is -2.22. The van der Waals surface area contributed by atoms with Gasteiger partial charge in [-0.15, -0.1) is 0 Å². The number of carbonyl (C=O) groups excluding carboxylic acids is 1. The van der Waals surface area contributed by atoms with E-state index in [-0.39, 0.29) is 22.0 Å². The van der Waals surface area contributed by atoms with Gasteiger partial charge in [0, 0.05) is 18.2 Å². The van der Waals surface area contributed by atoms with Gasteiger partial charge >= 0.3 is 0 Å². The predicted octanol–water partition coefficient (Wildman–Crippen LogP) is 2.91. The van der Waals surface area contributed by atoms with E-state index in [0.29, 0.717) is 12.1 Å². The molecule has 8 heteroatoms. The van der Waals surface area contributed by atoms with Gasteiger partial charge in [0.1, 0.15) is 0 Å². The summed E-state index contributed by atoms with van der Waals surface area (Å²) in [6.45, 7) is 1.91. The number of nitrogens with one attached hydrogen (secondary N) is 3. The van der Waals surface area contributed by atoms with E-state index in [4.69, 9.17) is 12.2 Å². The molecule has 1 saturated carbocycles. The maximum atomic E-state index is 12.4. The van der Waals surface area contributed by atoms with Gasteiger partial charge in [0.25, 0.3) is 0 Å². The van der Waals surface area contributed by atoms with Gasteiger partial charge < -0.3 is 10.6 Å². The van der Waals surface area contributed by atoms with Gasteiger partial charge in [-0.25, -0.2) is 13.1 Å². The minimum Gasteiger partial charge on any atom is -0.332 e. The number of amides is 1. The van der Waals surface area contributed by atoms with Crippen LogP contribution in [-0.2, 0) is 14.8 Å². The maximum absolute atomic E-state index is 12.4. The molecule has 0 aromatic heterocycles. The fourth-order valence-electron chi connectivity index (χ4n) is 2.80. The second-order valence-corrected chi connectivity index (χ2v) is 8.36. The summed E-state index contributed by atoms with van der Waals surface area (Å²) in [6, 6.07) is 6.35. The van der Waals surface area contributed by atoms with Crippen molar-refractivity contribution in [1.82, 2.24) is 10.0 Å². The Morgan fingerprint density at radius 2 is 1.80 bits per heavy atom. The summed E-state index contributed by atoms with van der Waals surface area (Å²) in [5.41, 5.74) is 0.624. The topological polar surface area (TPSA) is 87.3 Å². The minimum atomic E-state index is -3.51. The van der Waals surface area contributed by atoms with E-state index in [1.165, 1.54) is 18.6 Å². The molecule has 0 unspecified atom stereocenters. The second-order valence-electron chi connectivity index (χ2n) is 6.23. The molecule has 0 heterocycles. The van der Waals surface area contributed by atoms with Crippen LogP contribution in [0, 0.1) is 0 Å². The number of hydrogen-bond acceptors (Lipinski definition) is 4. The Kier molecular flexibility index (Phi) is 7.34. The third-order valence-corrected chi connectivity index (χ3v) is 5.82. The fourth-order valence-corrected chi connectivity index (χ4v) is 4.34. The summed E-state index contributed by atoms with van der Waals surface area (Å²) in [5.74, 6) is -0.143. The van der Waals surface area contributed by atoms with Gasteiger partial charge in [0.05, 0.1) is 4.90 Å².